The van der Waals surface area contributed by atoms with E-state index in [1.807, 2.05) is 0 Å². The summed E-state index contributed by atoms with van der Waals surface area (Å²) in [6, 6.07) is 32.1. The summed E-state index contributed by atoms with van der Waals surface area (Å²) in [6.07, 6.45) is 0.847. The molecule has 1 N–H and O–H groups in total. The minimum Gasteiger partial charge on any atom is -0.349 e. The van der Waals surface area contributed by atoms with E-state index in [4.69, 9.17) is 0 Å². The molecule has 0 aromatic heterocycles. The van der Waals surface area contributed by atoms with E-state index in [0.717, 1.165) is 6.42 Å². The van der Waals surface area contributed by atoms with Crippen LogP contribution < -0.4 is 5.32 Å². The van der Waals surface area contributed by atoms with Crippen LogP contribution in [0.1, 0.15) is 66.0 Å². The van der Waals surface area contributed by atoms with Crippen molar-refractivity contribution in [1.29, 1.82) is 0 Å². The molecule has 4 aromatic rings. The van der Waals surface area contributed by atoms with E-state index in [1.165, 1.54) is 38.6 Å². The normalized spacial score (nSPS) is 23.9. The van der Waals surface area contributed by atoms with Crippen molar-refractivity contribution in [3.8, 4) is 0 Å². The van der Waals surface area contributed by atoms with Crippen molar-refractivity contribution in [2.75, 3.05) is 0 Å². The average molecular weight is 418 g/mol. The maximum atomic E-state index is 13.9. The molecule has 32 heavy (non-hydrogen) atoms. The highest BCUT2D eigenvalue weighted by molar-refractivity contribution is 5.89. The minimum absolute atomic E-state index is 0.0589. The fourth-order valence-corrected chi connectivity index (χ4v) is 6.26. The zero-order chi connectivity index (χ0) is 21.9. The van der Waals surface area contributed by atoms with E-state index >= 15 is 0 Å². The van der Waals surface area contributed by atoms with Crippen molar-refractivity contribution in [3.63, 3.8) is 0 Å². The number of benzene rings is 4. The highest BCUT2D eigenvalue weighted by atomic mass is 16.2. The van der Waals surface area contributed by atoms with Gasteiger partial charge < -0.3 is 5.32 Å². The third kappa shape index (κ3) is 2.69. The highest BCUT2D eigenvalue weighted by Crippen LogP contribution is 2.61. The van der Waals surface area contributed by atoms with Crippen LogP contribution in [0.25, 0.3) is 10.8 Å². The van der Waals surface area contributed by atoms with E-state index in [9.17, 15) is 4.79 Å². The van der Waals surface area contributed by atoms with Gasteiger partial charge in [0.05, 0.1) is 11.5 Å². The zero-order valence-corrected chi connectivity index (χ0v) is 18.5. The van der Waals surface area contributed by atoms with Crippen LogP contribution in [0.2, 0.25) is 0 Å². The Labute approximate surface area is 189 Å². The van der Waals surface area contributed by atoms with Crippen LogP contribution in [0.5, 0.6) is 0 Å². The molecular weight excluding hydrogens is 390 g/mol. The molecule has 0 saturated heterocycles. The largest absolute Gasteiger partial charge is 0.349 e. The first-order valence-electron chi connectivity index (χ1n) is 11.5. The Morgan fingerprint density at radius 2 is 1.38 bits per heavy atom. The van der Waals surface area contributed by atoms with Crippen molar-refractivity contribution < 1.29 is 4.79 Å². The van der Waals surface area contributed by atoms with E-state index in [0.29, 0.717) is 0 Å². The number of hydrogen-bond donors (Lipinski definition) is 1. The van der Waals surface area contributed by atoms with Crippen molar-refractivity contribution in [3.05, 3.63) is 119 Å². The molecule has 158 valence electrons. The Morgan fingerprint density at radius 1 is 0.812 bits per heavy atom. The van der Waals surface area contributed by atoms with Gasteiger partial charge in [0.15, 0.2) is 0 Å². The van der Waals surface area contributed by atoms with Crippen molar-refractivity contribution >= 4 is 16.7 Å². The topological polar surface area (TPSA) is 29.1 Å². The first-order chi connectivity index (χ1) is 15.6. The van der Waals surface area contributed by atoms with Crippen LogP contribution in [-0.4, -0.2) is 5.91 Å². The van der Waals surface area contributed by atoms with Gasteiger partial charge in [-0.25, -0.2) is 0 Å². The maximum Gasteiger partial charge on any atom is 0.227 e. The van der Waals surface area contributed by atoms with Gasteiger partial charge in [-0.3, -0.25) is 4.79 Å². The van der Waals surface area contributed by atoms with Crippen LogP contribution in [0.3, 0.4) is 0 Å². The molecule has 2 bridgehead atoms. The molecule has 2 atom stereocenters. The Balaban J connectivity index is 1.39. The van der Waals surface area contributed by atoms with Crippen LogP contribution in [-0.2, 0) is 4.79 Å². The lowest BCUT2D eigenvalue weighted by atomic mass is 9.52. The summed E-state index contributed by atoms with van der Waals surface area (Å²) in [6.45, 7) is 4.27. The van der Waals surface area contributed by atoms with E-state index in [1.54, 1.807) is 0 Å². The third-order valence-electron chi connectivity index (χ3n) is 7.79. The number of nitrogens with one attached hydrogen (secondary N) is 1. The van der Waals surface area contributed by atoms with E-state index in [-0.39, 0.29) is 23.8 Å². The standard InChI is InChI=1S/C30H27NO/c1-19(21-17-9-11-20-10-3-4-12-22(20)21)31-29(32)30(2)18-27-23-13-5-7-15-25(23)28(30)26-16-8-6-14-24(26)27/h3-17,19,27-28H,18H2,1-2H3,(H,31,32)/t19-,27?,28?,30?/m0/s1. The highest BCUT2D eigenvalue weighted by Gasteiger charge is 2.53. The predicted octanol–water partition coefficient (Wildman–Crippen LogP) is 6.70. The molecule has 3 aliphatic carbocycles. The van der Waals surface area contributed by atoms with Gasteiger partial charge >= 0.3 is 0 Å². The van der Waals surface area contributed by atoms with Gasteiger partial charge in [0.1, 0.15) is 0 Å². The molecule has 0 saturated carbocycles. The maximum absolute atomic E-state index is 13.9. The molecule has 0 fully saturated rings. The summed E-state index contributed by atoms with van der Waals surface area (Å²) in [4.78, 5) is 13.9. The van der Waals surface area contributed by atoms with Crippen LogP contribution in [0.15, 0.2) is 91.0 Å². The lowest BCUT2D eigenvalue weighted by molar-refractivity contribution is -0.133. The van der Waals surface area contributed by atoms with Gasteiger partial charge in [-0.05, 0) is 58.9 Å². The summed E-state index contributed by atoms with van der Waals surface area (Å²) in [5.41, 5.74) is 6.11. The number of hydrogen-bond acceptors (Lipinski definition) is 1. The SMILES string of the molecule is C[C@H](NC(=O)C1(C)CC2c3ccccc3C1c1ccccc12)c1cccc2ccccc12. The van der Waals surface area contributed by atoms with Gasteiger partial charge in [-0.1, -0.05) is 91.0 Å². The fraction of sp³-hybridized carbons (Fsp3) is 0.233. The molecule has 1 unspecified atom stereocenters. The van der Waals surface area contributed by atoms with Gasteiger partial charge in [-0.2, -0.15) is 0 Å². The Morgan fingerprint density at radius 3 is 2.06 bits per heavy atom. The number of amides is 1. The summed E-state index contributed by atoms with van der Waals surface area (Å²) in [5.74, 6) is 0.507. The average Bonchev–Trinajstić information content (AvgIpc) is 2.83. The molecule has 1 amide bonds. The Hall–Kier alpha value is -3.39. The van der Waals surface area contributed by atoms with Crippen molar-refractivity contribution in [1.82, 2.24) is 5.32 Å². The number of carbonyl (C=O) groups excluding carboxylic acids is 1. The van der Waals surface area contributed by atoms with Gasteiger partial charge in [0.25, 0.3) is 0 Å². The first-order valence-corrected chi connectivity index (χ1v) is 11.5. The second-order valence-corrected chi connectivity index (χ2v) is 9.63. The monoisotopic (exact) mass is 417 g/mol. The number of fused-ring (bicyclic) bond motifs is 2. The molecule has 2 nitrogen and oxygen atoms in total. The summed E-state index contributed by atoms with van der Waals surface area (Å²) < 4.78 is 0. The molecule has 0 radical (unpaired) electrons. The van der Waals surface area contributed by atoms with Crippen LogP contribution >= 0.6 is 0 Å². The van der Waals surface area contributed by atoms with Gasteiger partial charge in [0.2, 0.25) is 5.91 Å². The van der Waals surface area contributed by atoms with Crippen LogP contribution in [0.4, 0.5) is 0 Å². The Bertz CT molecular complexity index is 1300. The summed E-state index contributed by atoms with van der Waals surface area (Å²) in [5, 5.41) is 5.81. The first kappa shape index (κ1) is 19.3. The third-order valence-corrected chi connectivity index (χ3v) is 7.79. The smallest absolute Gasteiger partial charge is 0.227 e. The number of carbonyl (C=O) groups is 1. The molecule has 0 spiro atoms. The van der Waals surface area contributed by atoms with Gasteiger partial charge in [-0.15, -0.1) is 0 Å². The molecule has 7 rings (SSSR count). The zero-order valence-electron chi connectivity index (χ0n) is 18.5. The van der Waals surface area contributed by atoms with Crippen molar-refractivity contribution in [2.24, 2.45) is 5.41 Å². The van der Waals surface area contributed by atoms with E-state index < -0.39 is 5.41 Å². The second-order valence-electron chi connectivity index (χ2n) is 9.63. The summed E-state index contributed by atoms with van der Waals surface area (Å²) >= 11 is 0. The minimum atomic E-state index is -0.480. The number of rotatable bonds is 3. The lowest BCUT2D eigenvalue weighted by Crippen LogP contribution is -2.50. The molecule has 4 aromatic carbocycles. The quantitative estimate of drug-likeness (QED) is 0.395. The molecule has 2 heteroatoms. The lowest BCUT2D eigenvalue weighted by Gasteiger charge is -2.51. The van der Waals surface area contributed by atoms with Gasteiger partial charge in [0, 0.05) is 11.8 Å². The fourth-order valence-electron chi connectivity index (χ4n) is 6.26. The Kier molecular flexibility index (Phi) is 4.26. The molecule has 3 aliphatic rings. The molecule has 0 aliphatic heterocycles. The molecular formula is C30H27NO. The second kappa shape index (κ2) is 7.06. The predicted molar refractivity (Wildman–Crippen MR) is 130 cm³/mol. The summed E-state index contributed by atoms with van der Waals surface area (Å²) in [7, 11) is 0. The van der Waals surface area contributed by atoms with Crippen molar-refractivity contribution in [2.45, 2.75) is 38.1 Å². The van der Waals surface area contributed by atoms with Crippen LogP contribution in [0, 0.1) is 5.41 Å². The van der Waals surface area contributed by atoms with E-state index in [2.05, 4.69) is 110 Å². The molecule has 0 heterocycles.